The molecule has 6 nitrogen and oxygen atoms in total. The van der Waals surface area contributed by atoms with Crippen molar-refractivity contribution in [2.75, 3.05) is 13.1 Å². The molecular formula is C19H23N3O3. The van der Waals surface area contributed by atoms with Crippen molar-refractivity contribution < 1.29 is 13.9 Å². The zero-order valence-electron chi connectivity index (χ0n) is 14.1. The van der Waals surface area contributed by atoms with Gasteiger partial charge in [-0.05, 0) is 43.5 Å². The minimum Gasteiger partial charge on any atom is -0.472 e. The number of furan rings is 1. The molecule has 0 saturated carbocycles. The standard InChI is InChI=1S/C19H23N3O3/c23-19(21-10-16-3-1-2-6-20-16)17-9-15-4-7-22(12-18(15)25-17)11-14-5-8-24-13-14/h1-3,5-6,8,13,15,17-18H,4,7,9-12H2,(H,21,23)/t15-,17+,18+/m0/s1. The second-order valence-electron chi connectivity index (χ2n) is 6.85. The van der Waals surface area contributed by atoms with E-state index in [2.05, 4.69) is 15.2 Å². The molecule has 25 heavy (non-hydrogen) atoms. The van der Waals surface area contributed by atoms with E-state index in [1.54, 1.807) is 18.7 Å². The molecule has 0 aromatic carbocycles. The molecule has 6 heteroatoms. The predicted octanol–water partition coefficient (Wildman–Crippen LogP) is 1.97. The second kappa shape index (κ2) is 7.37. The number of pyridine rings is 1. The molecule has 4 rings (SSSR count). The highest BCUT2D eigenvalue weighted by Gasteiger charge is 2.41. The van der Waals surface area contributed by atoms with Gasteiger partial charge in [0.05, 0.1) is 30.9 Å². The monoisotopic (exact) mass is 341 g/mol. The van der Waals surface area contributed by atoms with Crippen LogP contribution >= 0.6 is 0 Å². The molecule has 132 valence electrons. The quantitative estimate of drug-likeness (QED) is 0.901. The molecule has 2 aromatic rings. The number of hydrogen-bond acceptors (Lipinski definition) is 5. The van der Waals surface area contributed by atoms with Gasteiger partial charge in [-0.1, -0.05) is 6.07 Å². The van der Waals surface area contributed by atoms with E-state index in [1.807, 2.05) is 24.3 Å². The van der Waals surface area contributed by atoms with Crippen molar-refractivity contribution in [2.24, 2.45) is 5.92 Å². The molecule has 1 N–H and O–H groups in total. The summed E-state index contributed by atoms with van der Waals surface area (Å²) in [6.45, 7) is 3.24. The van der Waals surface area contributed by atoms with Gasteiger partial charge >= 0.3 is 0 Å². The number of fused-ring (bicyclic) bond motifs is 1. The average Bonchev–Trinajstić information content (AvgIpc) is 3.30. The summed E-state index contributed by atoms with van der Waals surface area (Å²) in [4.78, 5) is 19.0. The highest BCUT2D eigenvalue weighted by Crippen LogP contribution is 2.33. The van der Waals surface area contributed by atoms with Crippen LogP contribution < -0.4 is 5.32 Å². The Bertz CT molecular complexity index is 689. The van der Waals surface area contributed by atoms with Crippen molar-refractivity contribution in [3.05, 3.63) is 54.2 Å². The Kier molecular flexibility index (Phi) is 4.81. The van der Waals surface area contributed by atoms with Crippen LogP contribution in [0.5, 0.6) is 0 Å². The van der Waals surface area contributed by atoms with Crippen molar-refractivity contribution >= 4 is 5.91 Å². The normalized spacial score (nSPS) is 26.3. The largest absolute Gasteiger partial charge is 0.472 e. The lowest BCUT2D eigenvalue weighted by Crippen LogP contribution is -2.42. The fraction of sp³-hybridized carbons (Fsp3) is 0.474. The van der Waals surface area contributed by atoms with Gasteiger partial charge in [0.1, 0.15) is 6.10 Å². The molecular weight excluding hydrogens is 318 g/mol. The summed E-state index contributed by atoms with van der Waals surface area (Å²) < 4.78 is 11.2. The van der Waals surface area contributed by atoms with Crippen molar-refractivity contribution in [2.45, 2.75) is 38.1 Å². The zero-order valence-corrected chi connectivity index (χ0v) is 14.1. The number of rotatable bonds is 5. The summed E-state index contributed by atoms with van der Waals surface area (Å²) in [6, 6.07) is 7.69. The van der Waals surface area contributed by atoms with E-state index in [9.17, 15) is 4.79 Å². The SMILES string of the molecule is O=C(NCc1ccccn1)[C@H]1C[C@@H]2CCN(Cc3ccoc3)C[C@H]2O1. The Hall–Kier alpha value is -2.18. The summed E-state index contributed by atoms with van der Waals surface area (Å²) in [7, 11) is 0. The number of hydrogen-bond donors (Lipinski definition) is 1. The van der Waals surface area contributed by atoms with E-state index in [1.165, 1.54) is 5.56 Å². The Morgan fingerprint density at radius 2 is 2.32 bits per heavy atom. The Balaban J connectivity index is 1.28. The van der Waals surface area contributed by atoms with Crippen LogP contribution in [-0.2, 0) is 22.6 Å². The summed E-state index contributed by atoms with van der Waals surface area (Å²) >= 11 is 0. The van der Waals surface area contributed by atoms with Gasteiger partial charge in [-0.2, -0.15) is 0 Å². The number of nitrogens with one attached hydrogen (secondary N) is 1. The molecule has 2 aliphatic rings. The number of aromatic nitrogens is 1. The van der Waals surface area contributed by atoms with Crippen LogP contribution in [0.4, 0.5) is 0 Å². The number of carbonyl (C=O) groups is 1. The topological polar surface area (TPSA) is 67.6 Å². The van der Waals surface area contributed by atoms with Crippen LogP contribution in [0, 0.1) is 5.92 Å². The van der Waals surface area contributed by atoms with Gasteiger partial charge in [-0.25, -0.2) is 0 Å². The Morgan fingerprint density at radius 1 is 1.36 bits per heavy atom. The van der Waals surface area contributed by atoms with E-state index in [4.69, 9.17) is 9.15 Å². The highest BCUT2D eigenvalue weighted by molar-refractivity contribution is 5.81. The minimum atomic E-state index is -0.340. The maximum absolute atomic E-state index is 12.4. The first-order valence-corrected chi connectivity index (χ1v) is 8.84. The molecule has 0 spiro atoms. The fourth-order valence-corrected chi connectivity index (χ4v) is 3.74. The number of ether oxygens (including phenoxy) is 1. The van der Waals surface area contributed by atoms with Gasteiger partial charge in [0, 0.05) is 24.8 Å². The minimum absolute atomic E-state index is 0.0264. The third-order valence-electron chi connectivity index (χ3n) is 5.08. The Morgan fingerprint density at radius 3 is 3.12 bits per heavy atom. The van der Waals surface area contributed by atoms with Crippen LogP contribution in [-0.4, -0.2) is 41.1 Å². The third kappa shape index (κ3) is 3.91. The van der Waals surface area contributed by atoms with Crippen LogP contribution in [0.3, 0.4) is 0 Å². The molecule has 2 aromatic heterocycles. The van der Waals surface area contributed by atoms with Crippen molar-refractivity contribution in [1.29, 1.82) is 0 Å². The van der Waals surface area contributed by atoms with Crippen LogP contribution in [0.2, 0.25) is 0 Å². The Labute approximate surface area is 147 Å². The van der Waals surface area contributed by atoms with Crippen LogP contribution in [0.25, 0.3) is 0 Å². The van der Waals surface area contributed by atoms with Gasteiger partial charge in [-0.15, -0.1) is 0 Å². The molecule has 0 aliphatic carbocycles. The summed E-state index contributed by atoms with van der Waals surface area (Å²) in [5.41, 5.74) is 2.04. The lowest BCUT2D eigenvalue weighted by molar-refractivity contribution is -0.133. The van der Waals surface area contributed by atoms with Crippen molar-refractivity contribution in [1.82, 2.24) is 15.2 Å². The first kappa shape index (κ1) is 16.3. The second-order valence-corrected chi connectivity index (χ2v) is 6.85. The number of amides is 1. The lowest BCUT2D eigenvalue weighted by atomic mass is 9.91. The number of nitrogens with zero attached hydrogens (tertiary/aromatic N) is 2. The average molecular weight is 341 g/mol. The molecule has 2 saturated heterocycles. The first-order chi connectivity index (χ1) is 12.3. The van der Waals surface area contributed by atoms with Gasteiger partial charge < -0.3 is 14.5 Å². The number of carbonyl (C=O) groups excluding carboxylic acids is 1. The van der Waals surface area contributed by atoms with Gasteiger partial charge in [0.2, 0.25) is 5.91 Å². The zero-order chi connectivity index (χ0) is 17.1. The van der Waals surface area contributed by atoms with Gasteiger partial charge in [0.15, 0.2) is 0 Å². The van der Waals surface area contributed by atoms with E-state index in [0.717, 1.165) is 38.2 Å². The lowest BCUT2D eigenvalue weighted by Gasteiger charge is -2.33. The fourth-order valence-electron chi connectivity index (χ4n) is 3.74. The van der Waals surface area contributed by atoms with Crippen LogP contribution in [0.15, 0.2) is 47.4 Å². The van der Waals surface area contributed by atoms with Gasteiger partial charge in [-0.3, -0.25) is 14.7 Å². The first-order valence-electron chi connectivity index (χ1n) is 8.84. The van der Waals surface area contributed by atoms with Gasteiger partial charge in [0.25, 0.3) is 0 Å². The third-order valence-corrected chi connectivity index (χ3v) is 5.08. The van der Waals surface area contributed by atoms with Crippen molar-refractivity contribution in [3.63, 3.8) is 0 Å². The molecule has 0 bridgehead atoms. The van der Waals surface area contributed by atoms with E-state index in [-0.39, 0.29) is 18.1 Å². The molecule has 0 unspecified atom stereocenters. The van der Waals surface area contributed by atoms with E-state index < -0.39 is 0 Å². The molecule has 0 radical (unpaired) electrons. The maximum Gasteiger partial charge on any atom is 0.249 e. The number of piperidine rings is 1. The smallest absolute Gasteiger partial charge is 0.249 e. The molecule has 1 amide bonds. The predicted molar refractivity (Wildman–Crippen MR) is 91.5 cm³/mol. The molecule has 4 heterocycles. The molecule has 3 atom stereocenters. The van der Waals surface area contributed by atoms with Crippen LogP contribution in [0.1, 0.15) is 24.1 Å². The van der Waals surface area contributed by atoms with E-state index >= 15 is 0 Å². The summed E-state index contributed by atoms with van der Waals surface area (Å²) in [5.74, 6) is 0.452. The number of likely N-dealkylation sites (tertiary alicyclic amines) is 1. The summed E-state index contributed by atoms with van der Waals surface area (Å²) in [5, 5.41) is 2.95. The molecule has 2 aliphatic heterocycles. The molecule has 2 fully saturated rings. The maximum atomic E-state index is 12.4. The summed E-state index contributed by atoms with van der Waals surface area (Å²) in [6.07, 6.45) is 6.92. The van der Waals surface area contributed by atoms with E-state index in [0.29, 0.717) is 12.5 Å². The highest BCUT2D eigenvalue weighted by atomic mass is 16.5. The van der Waals surface area contributed by atoms with Crippen molar-refractivity contribution in [3.8, 4) is 0 Å².